The Morgan fingerprint density at radius 1 is 1.13 bits per heavy atom. The molecule has 0 radical (unpaired) electrons. The third-order valence-corrected chi connectivity index (χ3v) is 2.46. The monoisotopic (exact) mass is 198 g/mol. The van der Waals surface area contributed by atoms with Crippen LogP contribution in [0.15, 0.2) is 48.9 Å². The summed E-state index contributed by atoms with van der Waals surface area (Å²) in [5.74, 6) is 0.440. The summed E-state index contributed by atoms with van der Waals surface area (Å²) in [6, 6.07) is 10.1. The smallest absolute Gasteiger partial charge is 0.0435 e. The van der Waals surface area contributed by atoms with Gasteiger partial charge in [-0.05, 0) is 30.2 Å². The molecule has 2 heterocycles. The molecule has 1 unspecified atom stereocenters. The van der Waals surface area contributed by atoms with Gasteiger partial charge >= 0.3 is 0 Å². The van der Waals surface area contributed by atoms with Crippen molar-refractivity contribution in [2.75, 3.05) is 0 Å². The first kappa shape index (κ1) is 9.84. The van der Waals surface area contributed by atoms with E-state index in [1.54, 1.807) is 6.20 Å². The quantitative estimate of drug-likeness (QED) is 0.757. The Balaban J connectivity index is 2.08. The van der Waals surface area contributed by atoms with E-state index in [-0.39, 0.29) is 0 Å². The van der Waals surface area contributed by atoms with E-state index in [1.165, 1.54) is 5.56 Å². The van der Waals surface area contributed by atoms with Crippen LogP contribution in [0.25, 0.3) is 0 Å². The van der Waals surface area contributed by atoms with Gasteiger partial charge in [0.1, 0.15) is 0 Å². The van der Waals surface area contributed by atoms with Crippen LogP contribution in [0.2, 0.25) is 0 Å². The third-order valence-electron chi connectivity index (χ3n) is 2.46. The summed E-state index contributed by atoms with van der Waals surface area (Å²) in [4.78, 5) is 8.47. The standard InChI is InChI=1S/C13H14N2/c1-11(13-6-2-3-8-15-13)9-12-5-4-7-14-10-12/h2-8,10-11H,9H2,1H3. The van der Waals surface area contributed by atoms with Crippen LogP contribution in [0.1, 0.15) is 24.1 Å². The van der Waals surface area contributed by atoms with Crippen molar-refractivity contribution < 1.29 is 0 Å². The summed E-state index contributed by atoms with van der Waals surface area (Å²) >= 11 is 0. The predicted molar refractivity (Wildman–Crippen MR) is 60.6 cm³/mol. The molecular weight excluding hydrogens is 184 g/mol. The summed E-state index contributed by atoms with van der Waals surface area (Å²) in [6.45, 7) is 2.19. The number of hydrogen-bond acceptors (Lipinski definition) is 2. The Morgan fingerprint density at radius 3 is 2.73 bits per heavy atom. The van der Waals surface area contributed by atoms with Gasteiger partial charge in [-0.1, -0.05) is 19.1 Å². The van der Waals surface area contributed by atoms with Crippen molar-refractivity contribution in [2.45, 2.75) is 19.3 Å². The van der Waals surface area contributed by atoms with Crippen molar-refractivity contribution in [1.82, 2.24) is 9.97 Å². The lowest BCUT2D eigenvalue weighted by molar-refractivity contribution is 0.728. The van der Waals surface area contributed by atoms with E-state index in [9.17, 15) is 0 Å². The lowest BCUT2D eigenvalue weighted by Gasteiger charge is -2.09. The molecule has 0 N–H and O–H groups in total. The van der Waals surface area contributed by atoms with Crippen LogP contribution in [-0.2, 0) is 6.42 Å². The molecule has 0 aliphatic rings. The first-order valence-corrected chi connectivity index (χ1v) is 5.16. The SMILES string of the molecule is CC(Cc1cccnc1)c1ccccn1. The molecule has 0 aromatic carbocycles. The molecule has 0 amide bonds. The van der Waals surface area contributed by atoms with E-state index < -0.39 is 0 Å². The van der Waals surface area contributed by atoms with Crippen LogP contribution in [0.4, 0.5) is 0 Å². The first-order chi connectivity index (χ1) is 7.36. The highest BCUT2D eigenvalue weighted by atomic mass is 14.7. The topological polar surface area (TPSA) is 25.8 Å². The van der Waals surface area contributed by atoms with Gasteiger partial charge in [0.2, 0.25) is 0 Å². The van der Waals surface area contributed by atoms with Gasteiger partial charge in [0, 0.05) is 30.2 Å². The maximum Gasteiger partial charge on any atom is 0.0435 e. The number of pyridine rings is 2. The normalized spacial score (nSPS) is 12.3. The van der Waals surface area contributed by atoms with Crippen molar-refractivity contribution in [3.8, 4) is 0 Å². The molecule has 0 aliphatic carbocycles. The van der Waals surface area contributed by atoms with Crippen molar-refractivity contribution in [1.29, 1.82) is 0 Å². The van der Waals surface area contributed by atoms with Crippen molar-refractivity contribution in [3.63, 3.8) is 0 Å². The average molecular weight is 198 g/mol. The lowest BCUT2D eigenvalue weighted by atomic mass is 9.99. The predicted octanol–water partition coefficient (Wildman–Crippen LogP) is 2.82. The summed E-state index contributed by atoms with van der Waals surface area (Å²) in [7, 11) is 0. The van der Waals surface area contributed by atoms with Gasteiger partial charge in [-0.15, -0.1) is 0 Å². The Morgan fingerprint density at radius 2 is 2.07 bits per heavy atom. The number of nitrogens with zero attached hydrogens (tertiary/aromatic N) is 2. The molecule has 15 heavy (non-hydrogen) atoms. The summed E-state index contributed by atoms with van der Waals surface area (Å²) in [5, 5.41) is 0. The van der Waals surface area contributed by atoms with Gasteiger partial charge < -0.3 is 0 Å². The van der Waals surface area contributed by atoms with Crippen LogP contribution in [-0.4, -0.2) is 9.97 Å². The van der Waals surface area contributed by atoms with Gasteiger partial charge in [-0.3, -0.25) is 9.97 Å². The Labute approximate surface area is 90.0 Å². The van der Waals surface area contributed by atoms with Gasteiger partial charge in [0.15, 0.2) is 0 Å². The van der Waals surface area contributed by atoms with E-state index >= 15 is 0 Å². The van der Waals surface area contributed by atoms with Crippen molar-refractivity contribution in [2.24, 2.45) is 0 Å². The maximum atomic E-state index is 4.35. The van der Waals surface area contributed by atoms with Gasteiger partial charge in [0.25, 0.3) is 0 Å². The van der Waals surface area contributed by atoms with E-state index in [0.717, 1.165) is 12.1 Å². The zero-order valence-electron chi connectivity index (χ0n) is 8.80. The molecule has 0 aliphatic heterocycles. The summed E-state index contributed by atoms with van der Waals surface area (Å²) in [6.07, 6.45) is 6.55. The summed E-state index contributed by atoms with van der Waals surface area (Å²) < 4.78 is 0. The van der Waals surface area contributed by atoms with Crippen molar-refractivity contribution >= 4 is 0 Å². The second kappa shape index (κ2) is 4.69. The zero-order valence-corrected chi connectivity index (χ0v) is 8.80. The molecule has 0 saturated carbocycles. The van der Waals surface area contributed by atoms with Crippen LogP contribution in [0, 0.1) is 0 Å². The molecule has 2 nitrogen and oxygen atoms in total. The van der Waals surface area contributed by atoms with E-state index in [2.05, 4.69) is 29.0 Å². The zero-order chi connectivity index (χ0) is 10.5. The molecule has 0 spiro atoms. The van der Waals surface area contributed by atoms with Crippen LogP contribution < -0.4 is 0 Å². The minimum Gasteiger partial charge on any atom is -0.264 e. The molecule has 2 aromatic rings. The number of aromatic nitrogens is 2. The Hall–Kier alpha value is -1.70. The van der Waals surface area contributed by atoms with E-state index in [0.29, 0.717) is 5.92 Å². The molecule has 0 bridgehead atoms. The second-order valence-corrected chi connectivity index (χ2v) is 3.72. The van der Waals surface area contributed by atoms with Gasteiger partial charge in [-0.2, -0.15) is 0 Å². The fraction of sp³-hybridized carbons (Fsp3) is 0.231. The van der Waals surface area contributed by atoms with Gasteiger partial charge in [-0.25, -0.2) is 0 Å². The second-order valence-electron chi connectivity index (χ2n) is 3.72. The molecule has 2 aromatic heterocycles. The molecule has 0 fully saturated rings. The largest absolute Gasteiger partial charge is 0.264 e. The van der Waals surface area contributed by atoms with Crippen LogP contribution >= 0.6 is 0 Å². The number of hydrogen-bond donors (Lipinski definition) is 0. The van der Waals surface area contributed by atoms with E-state index in [1.807, 2.05) is 30.6 Å². The minimum absolute atomic E-state index is 0.440. The lowest BCUT2D eigenvalue weighted by Crippen LogP contribution is -2.00. The highest BCUT2D eigenvalue weighted by Gasteiger charge is 2.06. The minimum atomic E-state index is 0.440. The van der Waals surface area contributed by atoms with Gasteiger partial charge in [0.05, 0.1) is 0 Å². The van der Waals surface area contributed by atoms with Crippen molar-refractivity contribution in [3.05, 3.63) is 60.2 Å². The molecule has 0 saturated heterocycles. The van der Waals surface area contributed by atoms with E-state index in [4.69, 9.17) is 0 Å². The van der Waals surface area contributed by atoms with Crippen LogP contribution in [0.5, 0.6) is 0 Å². The molecule has 76 valence electrons. The Bertz CT molecular complexity index is 397. The first-order valence-electron chi connectivity index (χ1n) is 5.16. The fourth-order valence-corrected chi connectivity index (χ4v) is 1.64. The third kappa shape index (κ3) is 2.62. The number of rotatable bonds is 3. The summed E-state index contributed by atoms with van der Waals surface area (Å²) in [5.41, 5.74) is 2.40. The fourth-order valence-electron chi connectivity index (χ4n) is 1.64. The highest BCUT2D eigenvalue weighted by molar-refractivity contribution is 5.15. The molecular formula is C13H14N2. The van der Waals surface area contributed by atoms with Crippen LogP contribution in [0.3, 0.4) is 0 Å². The molecule has 2 rings (SSSR count). The molecule has 2 heteroatoms. The Kier molecular flexibility index (Phi) is 3.08. The highest BCUT2D eigenvalue weighted by Crippen LogP contribution is 2.17. The molecule has 1 atom stereocenters. The average Bonchev–Trinajstić information content (AvgIpc) is 2.31. The maximum absolute atomic E-state index is 4.35.